The quantitative estimate of drug-likeness (QED) is 0.733. The molecule has 0 radical (unpaired) electrons. The van der Waals surface area contributed by atoms with Crippen LogP contribution in [0.2, 0.25) is 0 Å². The Morgan fingerprint density at radius 1 is 1.50 bits per heavy atom. The van der Waals surface area contributed by atoms with Crippen LogP contribution in [0.3, 0.4) is 0 Å². The summed E-state index contributed by atoms with van der Waals surface area (Å²) < 4.78 is 5.05. The molecule has 78 valence electrons. The summed E-state index contributed by atoms with van der Waals surface area (Å²) in [5, 5.41) is 2.86. The van der Waals surface area contributed by atoms with Gasteiger partial charge in [0.15, 0.2) is 0 Å². The average molecular weight is 195 g/mol. The fourth-order valence-corrected chi connectivity index (χ4v) is 1.29. The third-order valence-electron chi connectivity index (χ3n) is 2.17. The summed E-state index contributed by atoms with van der Waals surface area (Å²) in [6.45, 7) is 4.68. The summed E-state index contributed by atoms with van der Waals surface area (Å²) in [5.41, 5.74) is 0.640. The van der Waals surface area contributed by atoms with Crippen LogP contribution < -0.4 is 5.32 Å². The molecule has 0 fully saturated rings. The molecule has 0 aliphatic heterocycles. The summed E-state index contributed by atoms with van der Waals surface area (Å²) >= 11 is 0. The maximum atomic E-state index is 11.5. The van der Waals surface area contributed by atoms with Crippen molar-refractivity contribution < 1.29 is 9.21 Å². The van der Waals surface area contributed by atoms with E-state index in [1.807, 2.05) is 0 Å². The standard InChI is InChI=1S/C11H17NO2/c1-3-4-5-7-12-11(13)10-6-8-14-9(10)2/h6,8H,3-5,7H2,1-2H3,(H,12,13). The first kappa shape index (κ1) is 10.8. The van der Waals surface area contributed by atoms with Crippen LogP contribution in [-0.4, -0.2) is 12.5 Å². The highest BCUT2D eigenvalue weighted by Gasteiger charge is 2.09. The molecular formula is C11H17NO2. The van der Waals surface area contributed by atoms with Gasteiger partial charge in [0.2, 0.25) is 0 Å². The second-order valence-corrected chi connectivity index (χ2v) is 3.35. The van der Waals surface area contributed by atoms with Gasteiger partial charge in [-0.2, -0.15) is 0 Å². The zero-order chi connectivity index (χ0) is 10.4. The molecule has 0 spiro atoms. The summed E-state index contributed by atoms with van der Waals surface area (Å²) in [6, 6.07) is 1.70. The minimum absolute atomic E-state index is 0.0349. The number of rotatable bonds is 5. The smallest absolute Gasteiger partial charge is 0.254 e. The summed E-state index contributed by atoms with van der Waals surface area (Å²) in [6.07, 6.45) is 4.90. The first-order valence-electron chi connectivity index (χ1n) is 5.08. The van der Waals surface area contributed by atoms with Gasteiger partial charge in [-0.1, -0.05) is 19.8 Å². The lowest BCUT2D eigenvalue weighted by Gasteiger charge is -2.02. The maximum Gasteiger partial charge on any atom is 0.254 e. The molecule has 1 amide bonds. The van der Waals surface area contributed by atoms with E-state index >= 15 is 0 Å². The van der Waals surface area contributed by atoms with Crippen LogP contribution in [0.25, 0.3) is 0 Å². The van der Waals surface area contributed by atoms with E-state index in [4.69, 9.17) is 4.42 Å². The molecule has 1 heterocycles. The molecule has 1 aromatic rings. The SMILES string of the molecule is CCCCCNC(=O)c1ccoc1C. The van der Waals surface area contributed by atoms with Gasteiger partial charge < -0.3 is 9.73 Å². The fraction of sp³-hybridized carbons (Fsp3) is 0.545. The van der Waals surface area contributed by atoms with Crippen LogP contribution in [0.15, 0.2) is 16.7 Å². The second-order valence-electron chi connectivity index (χ2n) is 3.35. The van der Waals surface area contributed by atoms with Crippen LogP contribution in [0.5, 0.6) is 0 Å². The average Bonchev–Trinajstić information content (AvgIpc) is 2.59. The molecule has 3 nitrogen and oxygen atoms in total. The number of hydrogen-bond acceptors (Lipinski definition) is 2. The van der Waals surface area contributed by atoms with E-state index in [9.17, 15) is 4.79 Å². The number of nitrogens with one attached hydrogen (secondary N) is 1. The van der Waals surface area contributed by atoms with Crippen molar-refractivity contribution in [2.75, 3.05) is 6.54 Å². The minimum Gasteiger partial charge on any atom is -0.469 e. The van der Waals surface area contributed by atoms with E-state index in [1.54, 1.807) is 13.0 Å². The first-order valence-corrected chi connectivity index (χ1v) is 5.08. The lowest BCUT2D eigenvalue weighted by molar-refractivity contribution is 0.0951. The molecule has 1 N–H and O–H groups in total. The molecule has 1 rings (SSSR count). The Labute approximate surface area is 84.5 Å². The van der Waals surface area contributed by atoms with Gasteiger partial charge in [-0.3, -0.25) is 4.79 Å². The van der Waals surface area contributed by atoms with Crippen molar-refractivity contribution in [3.8, 4) is 0 Å². The molecule has 0 aliphatic carbocycles. The molecule has 3 heteroatoms. The number of unbranched alkanes of at least 4 members (excludes halogenated alkanes) is 2. The van der Waals surface area contributed by atoms with Crippen LogP contribution in [0.1, 0.15) is 42.3 Å². The van der Waals surface area contributed by atoms with Crippen molar-refractivity contribution in [1.29, 1.82) is 0 Å². The molecule has 0 unspecified atom stereocenters. The van der Waals surface area contributed by atoms with Crippen molar-refractivity contribution in [3.63, 3.8) is 0 Å². The lowest BCUT2D eigenvalue weighted by atomic mass is 10.2. The molecule has 0 bridgehead atoms. The third-order valence-corrected chi connectivity index (χ3v) is 2.17. The monoisotopic (exact) mass is 195 g/mol. The van der Waals surface area contributed by atoms with Crippen molar-refractivity contribution >= 4 is 5.91 Å². The molecule has 1 aromatic heterocycles. The van der Waals surface area contributed by atoms with Gasteiger partial charge in [0, 0.05) is 6.54 Å². The van der Waals surface area contributed by atoms with E-state index in [0.29, 0.717) is 11.3 Å². The number of furan rings is 1. The zero-order valence-corrected chi connectivity index (χ0v) is 8.80. The highest BCUT2D eigenvalue weighted by atomic mass is 16.3. The predicted octanol–water partition coefficient (Wildman–Crippen LogP) is 2.51. The Bertz CT molecular complexity index is 291. The van der Waals surface area contributed by atoms with Gasteiger partial charge in [0.05, 0.1) is 11.8 Å². The van der Waals surface area contributed by atoms with E-state index in [1.165, 1.54) is 12.7 Å². The topological polar surface area (TPSA) is 42.2 Å². The molecule has 0 saturated carbocycles. The van der Waals surface area contributed by atoms with Gasteiger partial charge in [-0.25, -0.2) is 0 Å². The summed E-state index contributed by atoms with van der Waals surface area (Å²) in [5.74, 6) is 0.644. The van der Waals surface area contributed by atoms with Gasteiger partial charge in [-0.05, 0) is 19.4 Å². The van der Waals surface area contributed by atoms with Crippen LogP contribution in [0, 0.1) is 6.92 Å². The first-order chi connectivity index (χ1) is 6.75. The Morgan fingerprint density at radius 3 is 2.86 bits per heavy atom. The zero-order valence-electron chi connectivity index (χ0n) is 8.80. The molecule has 0 aromatic carbocycles. The van der Waals surface area contributed by atoms with E-state index < -0.39 is 0 Å². The number of amides is 1. The minimum atomic E-state index is -0.0349. The van der Waals surface area contributed by atoms with Crippen LogP contribution >= 0.6 is 0 Å². The van der Waals surface area contributed by atoms with Crippen molar-refractivity contribution in [1.82, 2.24) is 5.32 Å². The summed E-state index contributed by atoms with van der Waals surface area (Å²) in [7, 11) is 0. The van der Waals surface area contributed by atoms with E-state index in [-0.39, 0.29) is 5.91 Å². The summed E-state index contributed by atoms with van der Waals surface area (Å²) in [4.78, 5) is 11.5. The lowest BCUT2D eigenvalue weighted by Crippen LogP contribution is -2.24. The normalized spacial score (nSPS) is 10.1. The van der Waals surface area contributed by atoms with Crippen molar-refractivity contribution in [3.05, 3.63) is 23.7 Å². The number of aryl methyl sites for hydroxylation is 1. The second kappa shape index (κ2) is 5.47. The molecular weight excluding hydrogens is 178 g/mol. The highest BCUT2D eigenvalue weighted by Crippen LogP contribution is 2.07. The molecule has 0 aliphatic rings. The molecule has 14 heavy (non-hydrogen) atoms. The van der Waals surface area contributed by atoms with E-state index in [2.05, 4.69) is 12.2 Å². The molecule has 0 saturated heterocycles. The van der Waals surface area contributed by atoms with Gasteiger partial charge in [-0.15, -0.1) is 0 Å². The Kier molecular flexibility index (Phi) is 4.23. The fourth-order valence-electron chi connectivity index (χ4n) is 1.29. The van der Waals surface area contributed by atoms with Crippen molar-refractivity contribution in [2.24, 2.45) is 0 Å². The third kappa shape index (κ3) is 2.91. The number of hydrogen-bond donors (Lipinski definition) is 1. The van der Waals surface area contributed by atoms with Crippen LogP contribution in [0.4, 0.5) is 0 Å². The predicted molar refractivity (Wildman–Crippen MR) is 55.3 cm³/mol. The Hall–Kier alpha value is -1.25. The molecule has 0 atom stereocenters. The van der Waals surface area contributed by atoms with Gasteiger partial charge in [0.1, 0.15) is 5.76 Å². The maximum absolute atomic E-state index is 11.5. The number of carbonyl (C=O) groups is 1. The number of carbonyl (C=O) groups excluding carboxylic acids is 1. The van der Waals surface area contributed by atoms with Gasteiger partial charge >= 0.3 is 0 Å². The highest BCUT2D eigenvalue weighted by molar-refractivity contribution is 5.94. The Morgan fingerprint density at radius 2 is 2.29 bits per heavy atom. The Balaban J connectivity index is 2.32. The van der Waals surface area contributed by atoms with Crippen LogP contribution in [-0.2, 0) is 0 Å². The van der Waals surface area contributed by atoms with Gasteiger partial charge in [0.25, 0.3) is 5.91 Å². The van der Waals surface area contributed by atoms with Crippen molar-refractivity contribution in [2.45, 2.75) is 33.1 Å². The largest absolute Gasteiger partial charge is 0.469 e. The van der Waals surface area contributed by atoms with E-state index in [0.717, 1.165) is 19.4 Å².